The van der Waals surface area contributed by atoms with E-state index < -0.39 is 101 Å². The van der Waals surface area contributed by atoms with Crippen LogP contribution in [-0.2, 0) is 47.1 Å². The first-order chi connectivity index (χ1) is 43.1. The van der Waals surface area contributed by atoms with Crippen molar-refractivity contribution in [3.05, 3.63) is 114 Å². The van der Waals surface area contributed by atoms with Crippen LogP contribution in [0.2, 0.25) is 0 Å². The molecule has 0 bridgehead atoms. The van der Waals surface area contributed by atoms with Crippen molar-refractivity contribution in [3.63, 3.8) is 0 Å². The van der Waals surface area contributed by atoms with E-state index in [9.17, 15) is 108 Å². The molecule has 0 radical (unpaired) electrons. The van der Waals surface area contributed by atoms with Crippen LogP contribution in [0.3, 0.4) is 0 Å². The number of carbonyl (C=O) groups is 7. The lowest BCUT2D eigenvalue weighted by molar-refractivity contribution is -0.461. The lowest BCUT2D eigenvalue weighted by atomic mass is 9.86. The zero-order valence-electron chi connectivity index (χ0n) is 50.6. The van der Waals surface area contributed by atoms with Gasteiger partial charge in [-0.05, 0) is 82.1 Å². The van der Waals surface area contributed by atoms with Crippen molar-refractivity contribution in [1.82, 2.24) is 43.4 Å². The highest BCUT2D eigenvalue weighted by atomic mass is 19.4. The van der Waals surface area contributed by atoms with Crippen LogP contribution in [0.4, 0.5) is 103 Å². The third kappa shape index (κ3) is 15.2. The number of nitrogens with one attached hydrogen (secondary N) is 8. The van der Waals surface area contributed by atoms with Crippen molar-refractivity contribution in [1.29, 1.82) is 0 Å². The summed E-state index contributed by atoms with van der Waals surface area (Å²) < 4.78 is 242. The van der Waals surface area contributed by atoms with Gasteiger partial charge in [0.05, 0.1) is 28.4 Å². The molecule has 7 amide bonds. The van der Waals surface area contributed by atoms with Crippen LogP contribution in [0.25, 0.3) is 0 Å². The van der Waals surface area contributed by atoms with Gasteiger partial charge in [0.15, 0.2) is 0 Å². The molecule has 0 saturated heterocycles. The van der Waals surface area contributed by atoms with Crippen LogP contribution in [0.5, 0.6) is 0 Å². The predicted molar refractivity (Wildman–Crippen MR) is 303 cm³/mol. The summed E-state index contributed by atoms with van der Waals surface area (Å²) in [5.74, 6) is -60.8. The quantitative estimate of drug-likeness (QED) is 0.0165. The van der Waals surface area contributed by atoms with E-state index in [1.807, 2.05) is 0 Å². The minimum atomic E-state index is -8.72. The fourth-order valence-corrected chi connectivity index (χ4v) is 9.25. The van der Waals surface area contributed by atoms with Crippen molar-refractivity contribution >= 4 is 69.8 Å². The predicted octanol–water partition coefficient (Wildman–Crippen LogP) is 10.2. The second kappa shape index (κ2) is 27.0. The Labute approximate surface area is 521 Å². The molecule has 0 fully saturated rings. The third-order valence-corrected chi connectivity index (χ3v) is 14.6. The minimum absolute atomic E-state index is 0.0162. The third-order valence-electron chi connectivity index (χ3n) is 14.6. The number of carbonyl (C=O) groups excluding carboxylic acids is 7. The summed E-state index contributed by atoms with van der Waals surface area (Å²) in [6.45, 7) is 1.45. The largest absolute Gasteiger partial charge is 0.460 e. The molecule has 21 nitrogen and oxygen atoms in total. The van der Waals surface area contributed by atoms with Crippen LogP contribution >= 0.6 is 0 Å². The Hall–Kier alpha value is -9.26. The molecule has 0 atom stereocenters. The number of rotatable bonds is 29. The number of aromatic nitrogens is 6. The summed E-state index contributed by atoms with van der Waals surface area (Å²) in [6, 6.07) is 10.3. The monoisotopic (exact) mass is 1360 g/mol. The summed E-state index contributed by atoms with van der Waals surface area (Å²) in [7, 11) is 9.39. The number of aryl methyl sites for hydroxylation is 6. The maximum absolute atomic E-state index is 14.6. The molecule has 94 heavy (non-hydrogen) atoms. The maximum atomic E-state index is 14.6. The van der Waals surface area contributed by atoms with Crippen molar-refractivity contribution in [2.45, 2.75) is 99.1 Å². The number of alkyl halides is 17. The van der Waals surface area contributed by atoms with Gasteiger partial charge in [0.1, 0.15) is 34.2 Å². The van der Waals surface area contributed by atoms with E-state index in [2.05, 4.69) is 42.5 Å². The van der Waals surface area contributed by atoms with Crippen molar-refractivity contribution in [3.8, 4) is 0 Å². The molecule has 6 aromatic rings. The molecule has 0 aliphatic carbocycles. The van der Waals surface area contributed by atoms with Gasteiger partial charge in [-0.1, -0.05) is 0 Å². The van der Waals surface area contributed by atoms with E-state index in [0.29, 0.717) is 17.1 Å². The van der Waals surface area contributed by atoms with E-state index in [-0.39, 0.29) is 90.3 Å². The average molecular weight is 1370 g/mol. The highest BCUT2D eigenvalue weighted by Crippen LogP contribution is 2.64. The lowest BCUT2D eigenvalue weighted by Crippen LogP contribution is -2.74. The highest BCUT2D eigenvalue weighted by molar-refractivity contribution is 6.09. The molecule has 8 N–H and O–H groups in total. The molecule has 0 aromatic carbocycles. The van der Waals surface area contributed by atoms with E-state index in [4.69, 9.17) is 0 Å². The Morgan fingerprint density at radius 1 is 0.372 bits per heavy atom. The summed E-state index contributed by atoms with van der Waals surface area (Å²) >= 11 is 0. The molecule has 6 heterocycles. The fraction of sp³-hybridized carbons (Fsp3) is 0.446. The van der Waals surface area contributed by atoms with Gasteiger partial charge in [0, 0.05) is 111 Å². The van der Waals surface area contributed by atoms with Crippen LogP contribution < -0.4 is 42.5 Å². The Morgan fingerprint density at radius 2 is 0.691 bits per heavy atom. The average Bonchev–Trinajstić information content (AvgIpc) is 0.923. The fourth-order valence-electron chi connectivity index (χ4n) is 9.25. The number of anilines is 5. The van der Waals surface area contributed by atoms with E-state index in [1.54, 1.807) is 50.2 Å². The van der Waals surface area contributed by atoms with Gasteiger partial charge < -0.3 is 69.9 Å². The molecule has 0 saturated carbocycles. The summed E-state index contributed by atoms with van der Waals surface area (Å²) in [5.41, 5.74) is 0.274. The molecule has 38 heteroatoms. The molecule has 0 aliphatic heterocycles. The molecule has 6 rings (SSSR count). The van der Waals surface area contributed by atoms with Gasteiger partial charge in [-0.15, -0.1) is 0 Å². The minimum Gasteiger partial charge on any atom is -0.351 e. The van der Waals surface area contributed by atoms with Crippen LogP contribution in [0.1, 0.15) is 109 Å². The summed E-state index contributed by atoms with van der Waals surface area (Å²) in [6.07, 6.45) is -2.75. The zero-order chi connectivity index (χ0) is 70.9. The van der Waals surface area contributed by atoms with Gasteiger partial charge in [0.25, 0.3) is 35.4 Å². The van der Waals surface area contributed by atoms with Crippen molar-refractivity contribution in [2.75, 3.05) is 46.2 Å². The van der Waals surface area contributed by atoms with E-state index >= 15 is 0 Å². The first-order valence-corrected chi connectivity index (χ1v) is 27.6. The molecular formula is C56H61F17N14O7. The molecule has 516 valence electrons. The number of amides is 7. The first kappa shape index (κ1) is 73.8. The number of hydrogen-bond donors (Lipinski definition) is 8. The van der Waals surface area contributed by atoms with Gasteiger partial charge in [-0.25, -0.2) is 0 Å². The number of halogens is 17. The highest BCUT2D eigenvalue weighted by Gasteiger charge is 2.95. The summed E-state index contributed by atoms with van der Waals surface area (Å²) in [5, 5.41) is 21.1. The second-order valence-corrected chi connectivity index (χ2v) is 22.4. The van der Waals surface area contributed by atoms with Gasteiger partial charge in [-0.3, -0.25) is 33.6 Å². The van der Waals surface area contributed by atoms with Crippen LogP contribution in [-0.4, -0.2) is 142 Å². The topological polar surface area (TPSA) is 245 Å². The van der Waals surface area contributed by atoms with Crippen molar-refractivity contribution < 1.29 is 108 Å². The van der Waals surface area contributed by atoms with Crippen molar-refractivity contribution in [2.24, 2.45) is 42.3 Å². The van der Waals surface area contributed by atoms with Gasteiger partial charge in [0.2, 0.25) is 5.91 Å². The van der Waals surface area contributed by atoms with Crippen LogP contribution in [0, 0.1) is 0 Å². The molecule has 0 spiro atoms. The molecule has 0 aliphatic rings. The summed E-state index contributed by atoms with van der Waals surface area (Å²) in [4.78, 5) is 91.6. The lowest BCUT2D eigenvalue weighted by Gasteiger charge is -2.43. The van der Waals surface area contributed by atoms with Gasteiger partial charge in [-0.2, -0.15) is 74.6 Å². The number of hydrogen-bond acceptors (Lipinski definition) is 8. The molecule has 6 aromatic heterocycles. The van der Waals surface area contributed by atoms with E-state index in [1.165, 1.54) is 99.1 Å². The van der Waals surface area contributed by atoms with Crippen LogP contribution in [0.15, 0.2) is 79.6 Å². The molecular weight excluding hydrogens is 1300 g/mol. The SMILES string of the molecule is Cn1cc(NC(=O)c2cc(NC(=O)c3cc(NC(=O)CCCNC(=O)c4cc(NC(=O)c5cc(NC(=O)c6cccn6C)cn5C)cn4C)cn3C)cn2C)cc1C(=O)NCCCNC(C)(C)CCC(F)(F)C(F)(F)C(F)(F)C(F)(F)C(F)(F)C(F)(F)C(F)(F)C(F)(F)F. The van der Waals surface area contributed by atoms with Gasteiger partial charge >= 0.3 is 47.6 Å². The first-order valence-electron chi connectivity index (χ1n) is 27.6. The Kier molecular flexibility index (Phi) is 21.2. The Bertz CT molecular complexity index is 3810. The Balaban J connectivity index is 0.915. The molecule has 0 unspecified atom stereocenters. The maximum Gasteiger partial charge on any atom is 0.460 e. The standard InChI is InChI=1S/C56H61F17N14O7/c1-48(2,14-15-49(57,58)50(59,60)51(61,62)52(63,64)53(65,66)54(67,68)55(69,70)56(71,72)73)76-18-11-17-75-43(90)37-22-32(27-84(37)5)80-47(94)40-24-34(29-87(40)8)81-45(92)38-20-30(25-85(38)6)77-41(88)13-9-16-74-42(89)36-21-31(26-83(36)4)79-46(93)39-23-33(28-86(39)7)78-44(91)35-12-10-19-82(35)3/h10,12,19-29,76H,9,11,13-18H2,1-8H3,(H,74,89)(H,75,90)(H,77,88)(H,78,91)(H,79,93)(H,80,94)(H,81,92). The zero-order valence-corrected chi connectivity index (χ0v) is 50.6. The van der Waals surface area contributed by atoms with E-state index in [0.717, 1.165) is 13.8 Å². The second-order valence-electron chi connectivity index (χ2n) is 22.4. The Morgan fingerprint density at radius 3 is 1.04 bits per heavy atom. The normalized spacial score (nSPS) is 13.0. The number of nitrogens with zero attached hydrogens (tertiary/aromatic N) is 6. The smallest absolute Gasteiger partial charge is 0.351 e.